The van der Waals surface area contributed by atoms with Crippen LogP contribution in [0, 0.1) is 23.7 Å². The molecule has 2 aliphatic carbocycles. The van der Waals surface area contributed by atoms with Crippen LogP contribution in [-0.2, 0) is 18.3 Å². The zero-order valence-electron chi connectivity index (χ0n) is 15.8. The van der Waals surface area contributed by atoms with Gasteiger partial charge >= 0.3 is 0 Å². The molecule has 26 heavy (non-hydrogen) atoms. The fraction of sp³-hybridized carbons (Fsp3) is 0.800. The quantitative estimate of drug-likeness (QED) is 0.876. The maximum atomic E-state index is 13.0. The maximum Gasteiger partial charge on any atom is 0.225 e. The number of piperidine rings is 1. The van der Waals surface area contributed by atoms with E-state index in [2.05, 4.69) is 21.5 Å². The maximum absolute atomic E-state index is 13.0. The Hall–Kier alpha value is -1.07. The van der Waals surface area contributed by atoms with Crippen LogP contribution >= 0.6 is 12.4 Å². The van der Waals surface area contributed by atoms with Crippen LogP contribution in [0.1, 0.15) is 50.8 Å². The van der Waals surface area contributed by atoms with E-state index in [1.54, 1.807) is 0 Å². The van der Waals surface area contributed by atoms with Crippen molar-refractivity contribution in [1.29, 1.82) is 0 Å². The van der Waals surface area contributed by atoms with Crippen LogP contribution in [0.25, 0.3) is 0 Å². The number of aromatic nitrogens is 2. The van der Waals surface area contributed by atoms with Crippen LogP contribution in [0.15, 0.2) is 12.4 Å². The lowest BCUT2D eigenvalue weighted by Gasteiger charge is -2.45. The molecular formula is C20H33ClN4O. The number of hydrogen-bond acceptors (Lipinski definition) is 3. The van der Waals surface area contributed by atoms with Gasteiger partial charge in [0.25, 0.3) is 0 Å². The van der Waals surface area contributed by atoms with Gasteiger partial charge in [0.05, 0.1) is 0 Å². The van der Waals surface area contributed by atoms with E-state index in [0.29, 0.717) is 29.7 Å². The number of carbonyl (C=O) groups excluding carboxylic acids is 1. The van der Waals surface area contributed by atoms with Crippen LogP contribution in [0.5, 0.6) is 0 Å². The molecule has 2 N–H and O–H groups in total. The summed E-state index contributed by atoms with van der Waals surface area (Å²) >= 11 is 0. The molecule has 3 aliphatic rings. The second-order valence-electron chi connectivity index (χ2n) is 8.62. The third-order valence-electron chi connectivity index (χ3n) is 7.08. The highest BCUT2D eigenvalue weighted by molar-refractivity contribution is 5.85. The number of nitrogens with zero attached hydrogens (tertiary/aromatic N) is 3. The third-order valence-corrected chi connectivity index (χ3v) is 7.08. The van der Waals surface area contributed by atoms with Gasteiger partial charge in [0.15, 0.2) is 0 Å². The van der Waals surface area contributed by atoms with Crippen molar-refractivity contribution in [1.82, 2.24) is 14.5 Å². The zero-order chi connectivity index (χ0) is 17.4. The van der Waals surface area contributed by atoms with Gasteiger partial charge in [0.1, 0.15) is 5.82 Å². The number of rotatable bonds is 3. The Morgan fingerprint density at radius 2 is 1.85 bits per heavy atom. The lowest BCUT2D eigenvalue weighted by Crippen LogP contribution is -2.50. The molecule has 2 saturated carbocycles. The molecule has 2 bridgehead atoms. The molecule has 6 heteroatoms. The minimum absolute atomic E-state index is 0. The summed E-state index contributed by atoms with van der Waals surface area (Å²) in [5, 5.41) is 0. The van der Waals surface area contributed by atoms with Crippen molar-refractivity contribution in [2.45, 2.75) is 57.4 Å². The molecule has 0 spiro atoms. The van der Waals surface area contributed by atoms with Crippen molar-refractivity contribution < 1.29 is 4.79 Å². The number of imidazole rings is 1. The largest absolute Gasteiger partial charge is 0.342 e. The number of aryl methyl sites for hydroxylation is 1. The Morgan fingerprint density at radius 3 is 2.42 bits per heavy atom. The first-order valence-corrected chi connectivity index (χ1v) is 10.1. The van der Waals surface area contributed by atoms with Crippen molar-refractivity contribution in [3.63, 3.8) is 0 Å². The molecule has 2 unspecified atom stereocenters. The molecule has 2 heterocycles. The normalized spacial score (nSPS) is 32.2. The fourth-order valence-corrected chi connectivity index (χ4v) is 5.46. The Morgan fingerprint density at radius 1 is 1.19 bits per heavy atom. The van der Waals surface area contributed by atoms with E-state index in [1.807, 2.05) is 12.4 Å². The number of nitrogens with two attached hydrogens (primary N) is 1. The van der Waals surface area contributed by atoms with Gasteiger partial charge in [0.2, 0.25) is 5.91 Å². The molecule has 2 atom stereocenters. The summed E-state index contributed by atoms with van der Waals surface area (Å²) in [4.78, 5) is 19.6. The summed E-state index contributed by atoms with van der Waals surface area (Å²) in [5.41, 5.74) is 6.39. The van der Waals surface area contributed by atoms with Crippen molar-refractivity contribution in [2.24, 2.45) is 36.5 Å². The Balaban J connectivity index is 0.00000196. The standard InChI is InChI=1S/C20H32N4O.ClH/c1-23-10-7-22-18(23)11-14-5-8-24(9-6-14)20(25)17-12-15-3-2-4-16(13-17)19(15)21;/h7,10,14-17,19H,2-6,8-9,11-13,21H2,1H3;1H. The van der Waals surface area contributed by atoms with E-state index < -0.39 is 0 Å². The second-order valence-corrected chi connectivity index (χ2v) is 8.62. The van der Waals surface area contributed by atoms with Gasteiger partial charge in [-0.2, -0.15) is 0 Å². The van der Waals surface area contributed by atoms with Gasteiger partial charge < -0.3 is 15.2 Å². The molecule has 1 saturated heterocycles. The summed E-state index contributed by atoms with van der Waals surface area (Å²) in [7, 11) is 2.06. The SMILES string of the molecule is Cl.Cn1ccnc1CC1CCN(C(=O)C2CC3CCCC(C2)C3N)CC1. The first-order chi connectivity index (χ1) is 12.1. The van der Waals surface area contributed by atoms with E-state index in [0.717, 1.165) is 45.2 Å². The van der Waals surface area contributed by atoms with E-state index in [9.17, 15) is 4.79 Å². The van der Waals surface area contributed by atoms with Crippen molar-refractivity contribution >= 4 is 18.3 Å². The van der Waals surface area contributed by atoms with E-state index in [1.165, 1.54) is 25.1 Å². The molecule has 0 aromatic carbocycles. The van der Waals surface area contributed by atoms with Gasteiger partial charge in [0, 0.05) is 50.9 Å². The topological polar surface area (TPSA) is 64.2 Å². The fourth-order valence-electron chi connectivity index (χ4n) is 5.46. The molecule has 146 valence electrons. The predicted molar refractivity (Wildman–Crippen MR) is 105 cm³/mol. The predicted octanol–water partition coefficient (Wildman–Crippen LogP) is 2.78. The van der Waals surface area contributed by atoms with Gasteiger partial charge in [-0.25, -0.2) is 4.98 Å². The molecular weight excluding hydrogens is 348 g/mol. The Kier molecular flexibility index (Phi) is 6.29. The molecule has 0 radical (unpaired) electrons. The van der Waals surface area contributed by atoms with Crippen LogP contribution in [-0.4, -0.2) is 39.5 Å². The molecule has 5 nitrogen and oxygen atoms in total. The highest BCUT2D eigenvalue weighted by atomic mass is 35.5. The highest BCUT2D eigenvalue weighted by Crippen LogP contribution is 2.42. The van der Waals surface area contributed by atoms with E-state index in [-0.39, 0.29) is 18.3 Å². The minimum Gasteiger partial charge on any atom is -0.342 e. The van der Waals surface area contributed by atoms with Gasteiger partial charge in [-0.3, -0.25) is 4.79 Å². The average Bonchev–Trinajstić information content (AvgIpc) is 3.00. The number of likely N-dealkylation sites (tertiary alicyclic amines) is 1. The summed E-state index contributed by atoms with van der Waals surface area (Å²) in [5.74, 6) is 3.65. The smallest absolute Gasteiger partial charge is 0.225 e. The number of halogens is 1. The molecule has 3 fully saturated rings. The first kappa shape index (κ1) is 19.7. The van der Waals surface area contributed by atoms with Crippen molar-refractivity contribution in [3.8, 4) is 0 Å². The summed E-state index contributed by atoms with van der Waals surface area (Å²) in [6.07, 6.45) is 13.0. The van der Waals surface area contributed by atoms with Crippen LogP contribution < -0.4 is 5.73 Å². The lowest BCUT2D eigenvalue weighted by molar-refractivity contribution is -0.140. The number of hydrogen-bond donors (Lipinski definition) is 1. The summed E-state index contributed by atoms with van der Waals surface area (Å²) < 4.78 is 2.11. The molecule has 1 amide bonds. The van der Waals surface area contributed by atoms with Crippen LogP contribution in [0.2, 0.25) is 0 Å². The lowest BCUT2D eigenvalue weighted by atomic mass is 9.65. The molecule has 1 aromatic heterocycles. The number of carbonyl (C=O) groups is 1. The molecule has 1 aliphatic heterocycles. The average molecular weight is 381 g/mol. The second kappa shape index (κ2) is 8.30. The summed E-state index contributed by atoms with van der Waals surface area (Å²) in [6, 6.07) is 0.348. The van der Waals surface area contributed by atoms with Gasteiger partial charge in [-0.05, 0) is 56.3 Å². The third kappa shape index (κ3) is 3.94. The van der Waals surface area contributed by atoms with Crippen LogP contribution in [0.4, 0.5) is 0 Å². The number of fused-ring (bicyclic) bond motifs is 2. The van der Waals surface area contributed by atoms with Gasteiger partial charge in [-0.1, -0.05) is 6.42 Å². The van der Waals surface area contributed by atoms with Gasteiger partial charge in [-0.15, -0.1) is 12.4 Å². The van der Waals surface area contributed by atoms with Crippen molar-refractivity contribution in [3.05, 3.63) is 18.2 Å². The minimum atomic E-state index is 0. The monoisotopic (exact) mass is 380 g/mol. The Bertz CT molecular complexity index is 597. The highest BCUT2D eigenvalue weighted by Gasteiger charge is 2.42. The van der Waals surface area contributed by atoms with Crippen molar-refractivity contribution in [2.75, 3.05) is 13.1 Å². The number of amides is 1. The Labute approximate surface area is 163 Å². The van der Waals surface area contributed by atoms with Crippen LogP contribution in [0.3, 0.4) is 0 Å². The first-order valence-electron chi connectivity index (χ1n) is 10.1. The van der Waals surface area contributed by atoms with E-state index in [4.69, 9.17) is 5.73 Å². The summed E-state index contributed by atoms with van der Waals surface area (Å²) in [6.45, 7) is 1.84. The molecule has 4 rings (SSSR count). The molecule has 1 aromatic rings. The zero-order valence-corrected chi connectivity index (χ0v) is 16.7. The van der Waals surface area contributed by atoms with E-state index >= 15 is 0 Å².